The Bertz CT molecular complexity index is 722. The maximum Gasteiger partial charge on any atom is -0.0143 e. The van der Waals surface area contributed by atoms with E-state index in [0.717, 1.165) is 17.8 Å². The minimum absolute atomic E-state index is 0.427. The lowest BCUT2D eigenvalue weighted by atomic mass is 9.57. The summed E-state index contributed by atoms with van der Waals surface area (Å²) in [7, 11) is 0. The van der Waals surface area contributed by atoms with Gasteiger partial charge < -0.3 is 0 Å². The van der Waals surface area contributed by atoms with E-state index in [1.54, 1.807) is 11.1 Å². The van der Waals surface area contributed by atoms with Crippen LogP contribution in [0.3, 0.4) is 0 Å². The molecule has 3 rings (SSSR count). The maximum absolute atomic E-state index is 4.34. The summed E-state index contributed by atoms with van der Waals surface area (Å²) in [6.07, 6.45) is 17.2. The molecule has 3 aliphatic carbocycles. The van der Waals surface area contributed by atoms with E-state index in [-0.39, 0.29) is 0 Å². The van der Waals surface area contributed by atoms with Crippen molar-refractivity contribution in [2.75, 3.05) is 0 Å². The average molecular weight is 439 g/mol. The Morgan fingerprint density at radius 3 is 2.22 bits per heavy atom. The van der Waals surface area contributed by atoms with Crippen molar-refractivity contribution in [3.05, 3.63) is 35.5 Å². The third kappa shape index (κ3) is 5.47. The zero-order valence-electron chi connectivity index (χ0n) is 23.1. The summed E-state index contributed by atoms with van der Waals surface area (Å²) < 4.78 is 0. The van der Waals surface area contributed by atoms with Gasteiger partial charge in [-0.15, -0.1) is 0 Å². The van der Waals surface area contributed by atoms with Gasteiger partial charge in [0.1, 0.15) is 0 Å². The Morgan fingerprint density at radius 2 is 1.62 bits per heavy atom. The van der Waals surface area contributed by atoms with Gasteiger partial charge in [-0.25, -0.2) is 0 Å². The molecule has 0 aromatic heterocycles. The van der Waals surface area contributed by atoms with Crippen molar-refractivity contribution in [1.29, 1.82) is 0 Å². The number of fused-ring (bicyclic) bond motifs is 1. The van der Waals surface area contributed by atoms with Crippen molar-refractivity contribution in [2.45, 2.75) is 120 Å². The summed E-state index contributed by atoms with van der Waals surface area (Å²) in [4.78, 5) is 0. The molecule has 0 spiro atoms. The van der Waals surface area contributed by atoms with Gasteiger partial charge in [-0.05, 0) is 104 Å². The minimum atomic E-state index is 0.427. The molecule has 0 aromatic rings. The van der Waals surface area contributed by atoms with Crippen molar-refractivity contribution >= 4 is 0 Å². The van der Waals surface area contributed by atoms with Gasteiger partial charge in [0.2, 0.25) is 0 Å². The van der Waals surface area contributed by atoms with Crippen LogP contribution in [0.15, 0.2) is 35.5 Å². The van der Waals surface area contributed by atoms with Gasteiger partial charge in [0.15, 0.2) is 0 Å². The fourth-order valence-electron chi connectivity index (χ4n) is 7.55. The van der Waals surface area contributed by atoms with Crippen LogP contribution < -0.4 is 0 Å². The van der Waals surface area contributed by atoms with Gasteiger partial charge in [0.05, 0.1) is 0 Å². The van der Waals surface area contributed by atoms with Crippen LogP contribution >= 0.6 is 0 Å². The minimum Gasteiger partial charge on any atom is -0.0993 e. The second kappa shape index (κ2) is 9.46. The first-order valence-corrected chi connectivity index (χ1v) is 13.8. The third-order valence-electron chi connectivity index (χ3n) is 10.3. The van der Waals surface area contributed by atoms with Crippen LogP contribution in [0.2, 0.25) is 0 Å². The van der Waals surface area contributed by atoms with Crippen LogP contribution in [0.25, 0.3) is 0 Å². The molecule has 0 heteroatoms. The van der Waals surface area contributed by atoms with E-state index < -0.39 is 0 Å². The molecule has 0 radical (unpaired) electrons. The van der Waals surface area contributed by atoms with Crippen molar-refractivity contribution in [3.8, 4) is 0 Å². The van der Waals surface area contributed by atoms with E-state index >= 15 is 0 Å². The van der Waals surface area contributed by atoms with E-state index in [9.17, 15) is 0 Å². The zero-order valence-corrected chi connectivity index (χ0v) is 23.1. The van der Waals surface area contributed by atoms with Crippen molar-refractivity contribution < 1.29 is 0 Å². The fourth-order valence-corrected chi connectivity index (χ4v) is 7.55. The predicted molar refractivity (Wildman–Crippen MR) is 143 cm³/mol. The first-order valence-electron chi connectivity index (χ1n) is 13.8. The van der Waals surface area contributed by atoms with Crippen LogP contribution in [0.5, 0.6) is 0 Å². The smallest absolute Gasteiger partial charge is 0.0143 e. The highest BCUT2D eigenvalue weighted by atomic mass is 14.6. The number of rotatable bonds is 5. The molecular weight excluding hydrogens is 384 g/mol. The van der Waals surface area contributed by atoms with E-state index in [0.29, 0.717) is 28.1 Å². The Hall–Kier alpha value is -0.780. The highest BCUT2D eigenvalue weighted by Gasteiger charge is 2.52. The zero-order chi connectivity index (χ0) is 23.9. The van der Waals surface area contributed by atoms with Crippen molar-refractivity contribution in [2.24, 2.45) is 45.8 Å². The number of hydrogen-bond donors (Lipinski definition) is 0. The summed E-state index contributed by atoms with van der Waals surface area (Å²) >= 11 is 0. The van der Waals surface area contributed by atoms with E-state index in [2.05, 4.69) is 81.0 Å². The Labute approximate surface area is 201 Å². The third-order valence-corrected chi connectivity index (χ3v) is 10.3. The van der Waals surface area contributed by atoms with Gasteiger partial charge in [0, 0.05) is 0 Å². The Morgan fingerprint density at radius 1 is 1.00 bits per heavy atom. The molecular formula is C32H54. The highest BCUT2D eigenvalue weighted by molar-refractivity contribution is 5.28. The molecule has 32 heavy (non-hydrogen) atoms. The van der Waals surface area contributed by atoms with Crippen LogP contribution in [-0.2, 0) is 0 Å². The molecule has 0 aliphatic heterocycles. The maximum atomic E-state index is 4.34. The number of allylic oxidation sites excluding steroid dienone is 5. The Kier molecular flexibility index (Phi) is 7.64. The normalized spacial score (nSPS) is 37.7. The number of hydrogen-bond acceptors (Lipinski definition) is 0. The summed E-state index contributed by atoms with van der Waals surface area (Å²) in [5, 5.41) is 0. The molecule has 0 N–H and O–H groups in total. The first-order chi connectivity index (χ1) is 14.7. The summed E-state index contributed by atoms with van der Waals surface area (Å²) in [5.74, 6) is 3.77. The topological polar surface area (TPSA) is 0 Å². The predicted octanol–water partition coefficient (Wildman–Crippen LogP) is 10.2. The second-order valence-electron chi connectivity index (χ2n) is 14.3. The summed E-state index contributed by atoms with van der Waals surface area (Å²) in [5.41, 5.74) is 6.26. The van der Waals surface area contributed by atoms with Crippen LogP contribution in [0.4, 0.5) is 0 Å². The second-order valence-corrected chi connectivity index (χ2v) is 14.3. The average Bonchev–Trinajstić information content (AvgIpc) is 3.05. The molecule has 0 saturated heterocycles. The van der Waals surface area contributed by atoms with Gasteiger partial charge >= 0.3 is 0 Å². The lowest BCUT2D eigenvalue weighted by Crippen LogP contribution is -2.40. The molecule has 0 amide bonds. The first kappa shape index (κ1) is 25.8. The molecule has 6 atom stereocenters. The SMILES string of the molecule is C=C1C(C)CC(=C/C=C2\CCCC3(C)C2CCC3C(C)C(C)(C)CCC(C)(C)C)C[C@H]1C. The quantitative estimate of drug-likeness (QED) is 0.374. The van der Waals surface area contributed by atoms with Crippen molar-refractivity contribution in [1.82, 2.24) is 0 Å². The van der Waals surface area contributed by atoms with Gasteiger partial charge in [-0.3, -0.25) is 0 Å². The fraction of sp³-hybridized carbons (Fsp3) is 0.812. The summed E-state index contributed by atoms with van der Waals surface area (Å²) in [6.45, 7) is 26.6. The summed E-state index contributed by atoms with van der Waals surface area (Å²) in [6, 6.07) is 0. The Balaban J connectivity index is 1.75. The molecule has 0 heterocycles. The van der Waals surface area contributed by atoms with Crippen LogP contribution in [-0.4, -0.2) is 0 Å². The van der Waals surface area contributed by atoms with Gasteiger partial charge in [-0.1, -0.05) is 97.8 Å². The molecule has 182 valence electrons. The molecule has 0 nitrogen and oxygen atoms in total. The van der Waals surface area contributed by atoms with Crippen molar-refractivity contribution in [3.63, 3.8) is 0 Å². The van der Waals surface area contributed by atoms with Crippen LogP contribution in [0.1, 0.15) is 120 Å². The molecule has 3 fully saturated rings. The van der Waals surface area contributed by atoms with Gasteiger partial charge in [-0.2, -0.15) is 0 Å². The largest absolute Gasteiger partial charge is 0.0993 e. The van der Waals surface area contributed by atoms with E-state index in [1.165, 1.54) is 63.4 Å². The standard InChI is InChI=1S/C32H54/c1-22-20-26(21-23(2)24(22)3)13-14-27-12-11-17-32(10)28(15-16-29(27)32)25(4)31(8,9)19-18-30(5,6)7/h13-14,22-23,25,28-29H,3,11-12,15-21H2,1-2,4-10H3/b26-13?,27-14+/t22-,23?,25?,28?,29?,32?/m1/s1. The molecule has 5 unspecified atom stereocenters. The molecule has 0 aromatic carbocycles. The van der Waals surface area contributed by atoms with E-state index in [4.69, 9.17) is 0 Å². The monoisotopic (exact) mass is 438 g/mol. The highest BCUT2D eigenvalue weighted by Crippen LogP contribution is 2.62. The molecule has 0 bridgehead atoms. The molecule has 3 saturated carbocycles. The molecule has 3 aliphatic rings. The lowest BCUT2D eigenvalue weighted by molar-refractivity contribution is 0.0326. The lowest BCUT2D eigenvalue weighted by Gasteiger charge is -2.48. The van der Waals surface area contributed by atoms with Crippen LogP contribution in [0, 0.1) is 45.8 Å². The van der Waals surface area contributed by atoms with E-state index in [1.807, 2.05) is 0 Å². The van der Waals surface area contributed by atoms with Gasteiger partial charge in [0.25, 0.3) is 0 Å².